The summed E-state index contributed by atoms with van der Waals surface area (Å²) in [6.45, 7) is 0. The molecule has 0 bridgehead atoms. The highest BCUT2D eigenvalue weighted by molar-refractivity contribution is 6.31. The molecule has 0 saturated carbocycles. The minimum atomic E-state index is -0.280. The molecule has 2 N–H and O–H groups in total. The van der Waals surface area contributed by atoms with E-state index < -0.39 is 0 Å². The van der Waals surface area contributed by atoms with Crippen LogP contribution >= 0.6 is 11.6 Å². The number of anilines is 1. The standard InChI is InChI=1S/C14H10ClN5O/c15-10-4-2-1-3-9(10)5-6-13(21)20-14-18-11(7-16)12(8-17)19-14/h1-4H,5-6H2,(H2,18,19,20,21). The molecule has 0 spiro atoms. The van der Waals surface area contributed by atoms with Crippen molar-refractivity contribution in [2.75, 3.05) is 5.32 Å². The number of aromatic amines is 1. The van der Waals surface area contributed by atoms with Crippen molar-refractivity contribution in [1.82, 2.24) is 9.97 Å². The number of aromatic nitrogens is 2. The molecular formula is C14H10ClN5O. The zero-order chi connectivity index (χ0) is 15.2. The number of rotatable bonds is 4. The van der Waals surface area contributed by atoms with E-state index in [1.54, 1.807) is 18.2 Å². The van der Waals surface area contributed by atoms with E-state index in [-0.39, 0.29) is 29.7 Å². The number of nitrogens with zero attached hydrogens (tertiary/aromatic N) is 3. The summed E-state index contributed by atoms with van der Waals surface area (Å²) in [4.78, 5) is 18.2. The summed E-state index contributed by atoms with van der Waals surface area (Å²) in [5.74, 6) is -0.190. The van der Waals surface area contributed by atoms with Crippen molar-refractivity contribution in [1.29, 1.82) is 10.5 Å². The van der Waals surface area contributed by atoms with E-state index in [1.807, 2.05) is 18.2 Å². The first-order valence-corrected chi connectivity index (χ1v) is 6.45. The van der Waals surface area contributed by atoms with Gasteiger partial charge < -0.3 is 4.98 Å². The summed E-state index contributed by atoms with van der Waals surface area (Å²) in [5.41, 5.74) is 0.863. The van der Waals surface area contributed by atoms with Gasteiger partial charge in [0.1, 0.15) is 12.1 Å². The Labute approximate surface area is 126 Å². The average molecular weight is 300 g/mol. The van der Waals surface area contributed by atoms with Crippen LogP contribution in [0, 0.1) is 22.7 Å². The SMILES string of the molecule is N#Cc1nc(NC(=O)CCc2ccccc2Cl)[nH]c1C#N. The molecule has 6 nitrogen and oxygen atoms in total. The lowest BCUT2D eigenvalue weighted by Gasteiger charge is -2.04. The van der Waals surface area contributed by atoms with E-state index in [9.17, 15) is 4.79 Å². The van der Waals surface area contributed by atoms with Gasteiger partial charge >= 0.3 is 0 Å². The molecule has 1 heterocycles. The number of nitrogens with one attached hydrogen (secondary N) is 2. The highest BCUT2D eigenvalue weighted by atomic mass is 35.5. The number of aryl methyl sites for hydroxylation is 1. The van der Waals surface area contributed by atoms with Crippen molar-refractivity contribution in [3.63, 3.8) is 0 Å². The molecule has 2 aromatic rings. The van der Waals surface area contributed by atoms with Gasteiger partial charge in [0, 0.05) is 11.4 Å². The summed E-state index contributed by atoms with van der Waals surface area (Å²) in [6.07, 6.45) is 0.705. The molecule has 1 aromatic carbocycles. The third-order valence-electron chi connectivity index (χ3n) is 2.76. The summed E-state index contributed by atoms with van der Waals surface area (Å²) < 4.78 is 0. The maximum atomic E-state index is 11.8. The van der Waals surface area contributed by atoms with Crippen LogP contribution in [0.4, 0.5) is 5.95 Å². The third kappa shape index (κ3) is 3.59. The molecule has 0 atom stereocenters. The van der Waals surface area contributed by atoms with Gasteiger partial charge in [-0.1, -0.05) is 29.8 Å². The van der Waals surface area contributed by atoms with Crippen LogP contribution in [0.5, 0.6) is 0 Å². The lowest BCUT2D eigenvalue weighted by molar-refractivity contribution is -0.116. The van der Waals surface area contributed by atoms with Crippen molar-refractivity contribution in [2.24, 2.45) is 0 Å². The molecular weight excluding hydrogens is 290 g/mol. The number of carbonyl (C=O) groups is 1. The van der Waals surface area contributed by atoms with Gasteiger partial charge in [0.15, 0.2) is 11.4 Å². The van der Waals surface area contributed by atoms with E-state index in [0.29, 0.717) is 11.4 Å². The van der Waals surface area contributed by atoms with Gasteiger partial charge in [-0.05, 0) is 18.1 Å². The van der Waals surface area contributed by atoms with Gasteiger partial charge in [0.2, 0.25) is 11.9 Å². The molecule has 21 heavy (non-hydrogen) atoms. The van der Waals surface area contributed by atoms with Crippen molar-refractivity contribution in [3.8, 4) is 12.1 Å². The molecule has 0 fully saturated rings. The lowest BCUT2D eigenvalue weighted by atomic mass is 10.1. The van der Waals surface area contributed by atoms with Crippen LogP contribution in [0.2, 0.25) is 5.02 Å². The molecule has 0 radical (unpaired) electrons. The van der Waals surface area contributed by atoms with Crippen LogP contribution in [0.1, 0.15) is 23.4 Å². The van der Waals surface area contributed by atoms with E-state index in [4.69, 9.17) is 22.1 Å². The first kappa shape index (κ1) is 14.6. The second-order valence-corrected chi connectivity index (χ2v) is 4.58. The number of H-pyrrole nitrogens is 1. The largest absolute Gasteiger partial charge is 0.314 e. The number of carbonyl (C=O) groups excluding carboxylic acids is 1. The highest BCUT2D eigenvalue weighted by Gasteiger charge is 2.12. The maximum Gasteiger partial charge on any atom is 0.227 e. The van der Waals surface area contributed by atoms with Gasteiger partial charge in [-0.25, -0.2) is 4.98 Å². The number of amides is 1. The van der Waals surface area contributed by atoms with Gasteiger partial charge in [-0.15, -0.1) is 0 Å². The Balaban J connectivity index is 1.97. The first-order valence-electron chi connectivity index (χ1n) is 6.07. The normalized spacial score (nSPS) is 9.67. The summed E-state index contributed by atoms with van der Waals surface area (Å²) in [5, 5.41) is 20.7. The minimum Gasteiger partial charge on any atom is -0.314 e. The van der Waals surface area contributed by atoms with E-state index in [2.05, 4.69) is 15.3 Å². The van der Waals surface area contributed by atoms with Crippen LogP contribution in [-0.2, 0) is 11.2 Å². The Hall–Kier alpha value is -2.83. The zero-order valence-electron chi connectivity index (χ0n) is 10.9. The van der Waals surface area contributed by atoms with Crippen LogP contribution < -0.4 is 5.32 Å². The predicted molar refractivity (Wildman–Crippen MR) is 76.4 cm³/mol. The number of hydrogen-bond acceptors (Lipinski definition) is 4. The zero-order valence-corrected chi connectivity index (χ0v) is 11.6. The Morgan fingerprint density at radius 3 is 2.71 bits per heavy atom. The van der Waals surface area contributed by atoms with Gasteiger partial charge in [0.25, 0.3) is 0 Å². The molecule has 0 aliphatic rings. The van der Waals surface area contributed by atoms with Gasteiger partial charge in [-0.3, -0.25) is 10.1 Å². The monoisotopic (exact) mass is 299 g/mol. The molecule has 1 amide bonds. The van der Waals surface area contributed by atoms with Crippen molar-refractivity contribution >= 4 is 23.5 Å². The second kappa shape index (κ2) is 6.56. The Morgan fingerprint density at radius 1 is 1.33 bits per heavy atom. The molecule has 1 aromatic heterocycles. The summed E-state index contributed by atoms with van der Waals surface area (Å²) >= 11 is 6.01. The highest BCUT2D eigenvalue weighted by Crippen LogP contribution is 2.17. The molecule has 104 valence electrons. The van der Waals surface area contributed by atoms with Crippen LogP contribution in [0.3, 0.4) is 0 Å². The van der Waals surface area contributed by atoms with E-state index in [1.165, 1.54) is 0 Å². The molecule has 7 heteroatoms. The quantitative estimate of drug-likeness (QED) is 0.904. The topological polar surface area (TPSA) is 105 Å². The van der Waals surface area contributed by atoms with Crippen molar-refractivity contribution in [3.05, 3.63) is 46.2 Å². The number of imidazole rings is 1. The van der Waals surface area contributed by atoms with Crippen LogP contribution in [0.25, 0.3) is 0 Å². The summed E-state index contributed by atoms with van der Waals surface area (Å²) in [7, 11) is 0. The third-order valence-corrected chi connectivity index (χ3v) is 3.13. The fourth-order valence-corrected chi connectivity index (χ4v) is 1.97. The molecule has 0 unspecified atom stereocenters. The predicted octanol–water partition coefficient (Wildman–Crippen LogP) is 2.38. The van der Waals surface area contributed by atoms with E-state index in [0.717, 1.165) is 5.56 Å². The first-order chi connectivity index (χ1) is 10.1. The Morgan fingerprint density at radius 2 is 2.10 bits per heavy atom. The van der Waals surface area contributed by atoms with E-state index >= 15 is 0 Å². The van der Waals surface area contributed by atoms with Crippen molar-refractivity contribution < 1.29 is 4.79 Å². The maximum absolute atomic E-state index is 11.8. The number of benzene rings is 1. The lowest BCUT2D eigenvalue weighted by Crippen LogP contribution is -2.13. The molecule has 0 aliphatic heterocycles. The second-order valence-electron chi connectivity index (χ2n) is 4.17. The summed E-state index contributed by atoms with van der Waals surface area (Å²) in [6, 6.07) is 10.9. The molecule has 0 saturated heterocycles. The number of nitriles is 2. The van der Waals surface area contributed by atoms with Gasteiger partial charge in [-0.2, -0.15) is 10.5 Å². The molecule has 0 aliphatic carbocycles. The Kier molecular flexibility index (Phi) is 4.55. The number of hydrogen-bond donors (Lipinski definition) is 2. The number of halogens is 1. The fraction of sp³-hybridized carbons (Fsp3) is 0.143. The van der Waals surface area contributed by atoms with Crippen molar-refractivity contribution in [2.45, 2.75) is 12.8 Å². The fourth-order valence-electron chi connectivity index (χ4n) is 1.74. The molecule has 2 rings (SSSR count). The Bertz CT molecular complexity index is 722. The van der Waals surface area contributed by atoms with Gasteiger partial charge in [0.05, 0.1) is 0 Å². The van der Waals surface area contributed by atoms with Crippen LogP contribution in [-0.4, -0.2) is 15.9 Å². The van der Waals surface area contributed by atoms with Crippen LogP contribution in [0.15, 0.2) is 24.3 Å². The minimum absolute atomic E-state index is 0.0268. The average Bonchev–Trinajstić information content (AvgIpc) is 2.88. The smallest absolute Gasteiger partial charge is 0.227 e.